The molecule has 0 aromatic rings. The van der Waals surface area contributed by atoms with Crippen molar-refractivity contribution in [3.8, 4) is 0 Å². The van der Waals surface area contributed by atoms with Gasteiger partial charge in [0.25, 0.3) is 0 Å². The number of carbonyl (C=O) groups excluding carboxylic acids is 1. The molecule has 3 N–H and O–H groups in total. The van der Waals surface area contributed by atoms with Gasteiger partial charge in [0.05, 0.1) is 5.54 Å². The second kappa shape index (κ2) is 5.38. The standard InChI is InChI=1S/C14H26N2O/c1-11-5-7-12(8-6-11)16-13(17)14(15)9-3-2-4-10-14/h11-12H,2-10,15H2,1H3,(H,16,17). The lowest BCUT2D eigenvalue weighted by Crippen LogP contribution is -2.57. The summed E-state index contributed by atoms with van der Waals surface area (Å²) < 4.78 is 0. The van der Waals surface area contributed by atoms with Gasteiger partial charge in [-0.25, -0.2) is 0 Å². The van der Waals surface area contributed by atoms with E-state index in [9.17, 15) is 4.79 Å². The average Bonchev–Trinajstić information content (AvgIpc) is 2.33. The molecule has 2 rings (SSSR count). The smallest absolute Gasteiger partial charge is 0.240 e. The molecular formula is C14H26N2O. The third-order valence-corrected chi connectivity index (χ3v) is 4.55. The lowest BCUT2D eigenvalue weighted by Gasteiger charge is -2.35. The van der Waals surface area contributed by atoms with E-state index in [0.717, 1.165) is 44.4 Å². The van der Waals surface area contributed by atoms with Crippen molar-refractivity contribution in [3.63, 3.8) is 0 Å². The van der Waals surface area contributed by atoms with Crippen LogP contribution in [-0.4, -0.2) is 17.5 Å². The topological polar surface area (TPSA) is 55.1 Å². The molecule has 0 atom stereocenters. The van der Waals surface area contributed by atoms with Gasteiger partial charge in [-0.15, -0.1) is 0 Å². The summed E-state index contributed by atoms with van der Waals surface area (Å²) in [6, 6.07) is 0.376. The van der Waals surface area contributed by atoms with E-state index >= 15 is 0 Å². The maximum absolute atomic E-state index is 12.2. The number of hydrogen-bond donors (Lipinski definition) is 2. The Hall–Kier alpha value is -0.570. The molecule has 1 amide bonds. The summed E-state index contributed by atoms with van der Waals surface area (Å²) >= 11 is 0. The summed E-state index contributed by atoms with van der Waals surface area (Å²) in [6.07, 6.45) is 9.89. The highest BCUT2D eigenvalue weighted by molar-refractivity contribution is 5.86. The molecule has 0 unspecified atom stereocenters. The summed E-state index contributed by atoms with van der Waals surface area (Å²) in [5.41, 5.74) is 5.67. The van der Waals surface area contributed by atoms with E-state index in [1.165, 1.54) is 19.3 Å². The fraction of sp³-hybridized carbons (Fsp3) is 0.929. The summed E-state index contributed by atoms with van der Waals surface area (Å²) in [4.78, 5) is 12.2. The molecule has 2 aliphatic rings. The summed E-state index contributed by atoms with van der Waals surface area (Å²) in [5, 5.41) is 3.19. The van der Waals surface area contributed by atoms with Gasteiger partial charge in [0.15, 0.2) is 0 Å². The predicted molar refractivity (Wildman–Crippen MR) is 69.6 cm³/mol. The number of amides is 1. The number of hydrogen-bond acceptors (Lipinski definition) is 2. The van der Waals surface area contributed by atoms with Gasteiger partial charge in [0.1, 0.15) is 0 Å². The maximum atomic E-state index is 12.2. The van der Waals surface area contributed by atoms with Crippen molar-refractivity contribution in [2.24, 2.45) is 11.7 Å². The lowest BCUT2D eigenvalue weighted by molar-refractivity contribution is -0.128. The number of carbonyl (C=O) groups is 1. The average molecular weight is 238 g/mol. The van der Waals surface area contributed by atoms with Crippen LogP contribution in [0, 0.1) is 5.92 Å². The van der Waals surface area contributed by atoms with Crippen LogP contribution in [0.1, 0.15) is 64.7 Å². The van der Waals surface area contributed by atoms with Gasteiger partial charge >= 0.3 is 0 Å². The first-order valence-electron chi connectivity index (χ1n) is 7.20. The van der Waals surface area contributed by atoms with E-state index < -0.39 is 5.54 Å². The molecule has 17 heavy (non-hydrogen) atoms. The van der Waals surface area contributed by atoms with E-state index in [2.05, 4.69) is 12.2 Å². The number of nitrogens with one attached hydrogen (secondary N) is 1. The second-order valence-electron chi connectivity index (χ2n) is 6.15. The van der Waals surface area contributed by atoms with Gasteiger partial charge in [0.2, 0.25) is 5.91 Å². The Balaban J connectivity index is 1.83. The third-order valence-electron chi connectivity index (χ3n) is 4.55. The molecule has 98 valence electrons. The Labute approximate surface area is 105 Å². The molecule has 0 spiro atoms. The Morgan fingerprint density at radius 1 is 1.12 bits per heavy atom. The molecule has 0 aromatic heterocycles. The van der Waals surface area contributed by atoms with Crippen LogP contribution in [0.5, 0.6) is 0 Å². The molecule has 2 fully saturated rings. The van der Waals surface area contributed by atoms with Crippen LogP contribution in [-0.2, 0) is 4.79 Å². The molecule has 0 aromatic carbocycles. The molecule has 0 bridgehead atoms. The Morgan fingerprint density at radius 2 is 1.71 bits per heavy atom. The van der Waals surface area contributed by atoms with Crippen LogP contribution in [0.25, 0.3) is 0 Å². The number of rotatable bonds is 2. The Morgan fingerprint density at radius 3 is 2.29 bits per heavy atom. The largest absolute Gasteiger partial charge is 0.352 e. The molecular weight excluding hydrogens is 212 g/mol. The molecule has 0 radical (unpaired) electrons. The van der Waals surface area contributed by atoms with Crippen molar-refractivity contribution in [1.29, 1.82) is 0 Å². The van der Waals surface area contributed by atoms with Crippen molar-refractivity contribution in [3.05, 3.63) is 0 Å². The SMILES string of the molecule is CC1CCC(NC(=O)C2(N)CCCCC2)CC1. The van der Waals surface area contributed by atoms with Crippen molar-refractivity contribution in [2.75, 3.05) is 0 Å². The normalized spacial score (nSPS) is 33.1. The van der Waals surface area contributed by atoms with Crippen LogP contribution >= 0.6 is 0 Å². The third kappa shape index (κ3) is 3.21. The summed E-state index contributed by atoms with van der Waals surface area (Å²) in [6.45, 7) is 2.30. The van der Waals surface area contributed by atoms with Gasteiger partial charge in [-0.3, -0.25) is 4.79 Å². The zero-order valence-corrected chi connectivity index (χ0v) is 11.0. The fourth-order valence-corrected chi connectivity index (χ4v) is 3.14. The highest BCUT2D eigenvalue weighted by Gasteiger charge is 2.36. The second-order valence-corrected chi connectivity index (χ2v) is 6.15. The van der Waals surface area contributed by atoms with Crippen LogP contribution in [0.2, 0.25) is 0 Å². The zero-order chi connectivity index (χ0) is 12.3. The number of nitrogens with two attached hydrogens (primary N) is 1. The van der Waals surface area contributed by atoms with Crippen LogP contribution < -0.4 is 11.1 Å². The van der Waals surface area contributed by atoms with Gasteiger partial charge in [-0.1, -0.05) is 26.2 Å². The van der Waals surface area contributed by atoms with E-state index in [-0.39, 0.29) is 5.91 Å². The summed E-state index contributed by atoms with van der Waals surface area (Å²) in [7, 11) is 0. The predicted octanol–water partition coefficient (Wildman–Crippen LogP) is 2.34. The van der Waals surface area contributed by atoms with Gasteiger partial charge in [0, 0.05) is 6.04 Å². The monoisotopic (exact) mass is 238 g/mol. The highest BCUT2D eigenvalue weighted by atomic mass is 16.2. The molecule has 2 aliphatic carbocycles. The zero-order valence-electron chi connectivity index (χ0n) is 11.0. The van der Waals surface area contributed by atoms with Crippen molar-refractivity contribution >= 4 is 5.91 Å². The summed E-state index contributed by atoms with van der Waals surface area (Å²) in [5.74, 6) is 0.932. The highest BCUT2D eigenvalue weighted by Crippen LogP contribution is 2.28. The first-order valence-corrected chi connectivity index (χ1v) is 7.20. The quantitative estimate of drug-likeness (QED) is 0.776. The van der Waals surface area contributed by atoms with Crippen molar-refractivity contribution in [2.45, 2.75) is 76.3 Å². The lowest BCUT2D eigenvalue weighted by atomic mass is 9.81. The van der Waals surface area contributed by atoms with Crippen LogP contribution in [0.4, 0.5) is 0 Å². The van der Waals surface area contributed by atoms with Crippen molar-refractivity contribution < 1.29 is 4.79 Å². The van der Waals surface area contributed by atoms with E-state index in [0.29, 0.717) is 6.04 Å². The minimum Gasteiger partial charge on any atom is -0.352 e. The maximum Gasteiger partial charge on any atom is 0.240 e. The first kappa shape index (κ1) is 12.9. The van der Waals surface area contributed by atoms with Gasteiger partial charge in [-0.2, -0.15) is 0 Å². The van der Waals surface area contributed by atoms with E-state index in [1.54, 1.807) is 0 Å². The van der Waals surface area contributed by atoms with E-state index in [1.807, 2.05) is 0 Å². The molecule has 0 saturated heterocycles. The first-order chi connectivity index (χ1) is 8.10. The molecule has 3 heteroatoms. The molecule has 0 aliphatic heterocycles. The van der Waals surface area contributed by atoms with Crippen LogP contribution in [0.3, 0.4) is 0 Å². The van der Waals surface area contributed by atoms with Gasteiger partial charge in [-0.05, 0) is 44.4 Å². The van der Waals surface area contributed by atoms with E-state index in [4.69, 9.17) is 5.73 Å². The van der Waals surface area contributed by atoms with Crippen LogP contribution in [0.15, 0.2) is 0 Å². The minimum atomic E-state index is -0.568. The molecule has 2 saturated carbocycles. The minimum absolute atomic E-state index is 0.108. The fourth-order valence-electron chi connectivity index (χ4n) is 3.14. The Bertz CT molecular complexity index is 263. The van der Waals surface area contributed by atoms with Gasteiger partial charge < -0.3 is 11.1 Å². The molecule has 3 nitrogen and oxygen atoms in total. The van der Waals surface area contributed by atoms with Crippen molar-refractivity contribution in [1.82, 2.24) is 5.32 Å². The molecule has 0 heterocycles. The Kier molecular flexibility index (Phi) is 4.08.